The van der Waals surface area contributed by atoms with E-state index in [2.05, 4.69) is 7.28 Å². The van der Waals surface area contributed by atoms with E-state index in [0.29, 0.717) is 0 Å². The van der Waals surface area contributed by atoms with Crippen molar-refractivity contribution in [3.63, 3.8) is 0 Å². The van der Waals surface area contributed by atoms with Gasteiger partial charge in [-0.1, -0.05) is 64.2 Å². The molecule has 2 saturated carbocycles. The molecule has 0 bridgehead atoms. The average molecular weight is 184 g/mol. The van der Waals surface area contributed by atoms with Crippen molar-refractivity contribution in [2.75, 3.05) is 0 Å². The molecule has 0 N–H and O–H groups in total. The van der Waals surface area contributed by atoms with Crippen LogP contribution in [0.3, 0.4) is 0 Å². The predicted octanol–water partition coefficient (Wildman–Crippen LogP) is 1.20. The first-order valence-electron chi connectivity index (χ1n) is 6.30. The van der Waals surface area contributed by atoms with Crippen LogP contribution >= 0.6 is 0 Å². The molecule has 0 aromatic heterocycles. The van der Waals surface area contributed by atoms with E-state index in [0.717, 1.165) is 11.6 Å². The second-order valence-electron chi connectivity index (χ2n) is 4.99. The zero-order valence-electron chi connectivity index (χ0n) is 9.80. The molecule has 2 aliphatic carbocycles. The maximum atomic E-state index is 2.72. The summed E-state index contributed by atoms with van der Waals surface area (Å²) in [5.74, 6) is 1.99. The molecule has 2 rings (SSSR count). The van der Waals surface area contributed by atoms with E-state index in [1.807, 2.05) is 0 Å². The third kappa shape index (κ3) is 4.03. The van der Waals surface area contributed by atoms with Gasteiger partial charge in [0.15, 0.2) is 0 Å². The fraction of sp³-hybridized carbons (Fsp3) is 1.00. The van der Waals surface area contributed by atoms with Gasteiger partial charge in [0.05, 0.1) is 0 Å². The Morgan fingerprint density at radius 1 is 0.571 bits per heavy atom. The first kappa shape index (κ1) is 12.7. The van der Waals surface area contributed by atoms with Gasteiger partial charge in [-0.05, 0) is 0 Å². The van der Waals surface area contributed by atoms with Crippen molar-refractivity contribution in [3.8, 4) is 0 Å². The summed E-state index contributed by atoms with van der Waals surface area (Å²) in [6.45, 7) is 0. The quantitative estimate of drug-likeness (QED) is 0.565. The largest absolute Gasteiger partial charge is 1.00 e. The Kier molecular flexibility index (Phi) is 6.39. The van der Waals surface area contributed by atoms with E-state index < -0.39 is 0 Å². The normalized spacial score (nSPS) is 25.7. The van der Waals surface area contributed by atoms with Gasteiger partial charge in [0.1, 0.15) is 0 Å². The van der Waals surface area contributed by atoms with Crippen LogP contribution in [0.1, 0.15) is 64.2 Å². The molecule has 2 radical (unpaired) electrons. The monoisotopic (exact) mass is 184 g/mol. The predicted molar refractivity (Wildman–Crippen MR) is 59.4 cm³/mol. The van der Waals surface area contributed by atoms with Crippen molar-refractivity contribution in [2.24, 2.45) is 0 Å². The Hall–Kier alpha value is 0.662. The van der Waals surface area contributed by atoms with Gasteiger partial charge in [0.2, 0.25) is 0 Å². The second-order valence-corrected chi connectivity index (χ2v) is 4.99. The minimum Gasteiger partial charge on any atom is -0.328 e. The van der Waals surface area contributed by atoms with Crippen molar-refractivity contribution in [1.82, 2.24) is 0 Å². The SMILES string of the molecule is [B-](C1CCCCC1)C1CCCCC1.[Li+]. The van der Waals surface area contributed by atoms with Gasteiger partial charge in [0, 0.05) is 0 Å². The van der Waals surface area contributed by atoms with E-state index in [-0.39, 0.29) is 18.9 Å². The van der Waals surface area contributed by atoms with Gasteiger partial charge in [-0.2, -0.15) is 0 Å². The third-order valence-corrected chi connectivity index (χ3v) is 3.84. The second kappa shape index (κ2) is 7.02. The van der Waals surface area contributed by atoms with Crippen LogP contribution in [0.15, 0.2) is 0 Å². The van der Waals surface area contributed by atoms with Crippen molar-refractivity contribution in [2.45, 2.75) is 75.8 Å². The zero-order chi connectivity index (χ0) is 8.93. The molecule has 2 heteroatoms. The van der Waals surface area contributed by atoms with Crippen LogP contribution in [0.4, 0.5) is 0 Å². The first-order chi connectivity index (χ1) is 6.45. The van der Waals surface area contributed by atoms with E-state index in [1.54, 1.807) is 0 Å². The van der Waals surface area contributed by atoms with Gasteiger partial charge in [-0.3, -0.25) is 0 Å². The molecule has 0 heterocycles. The fourth-order valence-corrected chi connectivity index (χ4v) is 3.04. The summed E-state index contributed by atoms with van der Waals surface area (Å²) >= 11 is 0. The summed E-state index contributed by atoms with van der Waals surface area (Å²) in [5.41, 5.74) is 0. The Bertz CT molecular complexity index is 121. The average Bonchev–Trinajstić information content (AvgIpc) is 2.21. The topological polar surface area (TPSA) is 0 Å². The van der Waals surface area contributed by atoms with Crippen LogP contribution in [0.2, 0.25) is 11.6 Å². The Morgan fingerprint density at radius 2 is 0.929 bits per heavy atom. The minimum absolute atomic E-state index is 0. The summed E-state index contributed by atoms with van der Waals surface area (Å²) in [4.78, 5) is 0. The number of rotatable bonds is 2. The van der Waals surface area contributed by atoms with E-state index in [4.69, 9.17) is 0 Å². The zero-order valence-corrected chi connectivity index (χ0v) is 9.80. The van der Waals surface area contributed by atoms with Crippen LogP contribution in [0.5, 0.6) is 0 Å². The van der Waals surface area contributed by atoms with Crippen LogP contribution < -0.4 is 18.9 Å². The summed E-state index contributed by atoms with van der Waals surface area (Å²) in [6, 6.07) is 0. The van der Waals surface area contributed by atoms with Gasteiger partial charge in [0.25, 0.3) is 0 Å². The molecule has 0 atom stereocenters. The summed E-state index contributed by atoms with van der Waals surface area (Å²) < 4.78 is 0. The maximum Gasteiger partial charge on any atom is 1.00 e. The molecule has 0 aliphatic heterocycles. The first-order valence-corrected chi connectivity index (χ1v) is 6.30. The molecule has 0 unspecified atom stereocenters. The van der Waals surface area contributed by atoms with Gasteiger partial charge in [-0.25, -0.2) is 11.6 Å². The van der Waals surface area contributed by atoms with E-state index >= 15 is 0 Å². The van der Waals surface area contributed by atoms with Gasteiger partial charge in [-0.15, -0.1) is 0 Å². The third-order valence-electron chi connectivity index (χ3n) is 3.84. The Morgan fingerprint density at radius 3 is 1.29 bits per heavy atom. The van der Waals surface area contributed by atoms with Crippen molar-refractivity contribution in [1.29, 1.82) is 0 Å². The standard InChI is InChI=1S/C12H22B.Li/c1-3-7-11(8-4-1)13-12-9-5-2-6-10-12;/h11-12H,1-10H2;/q-1;+1. The molecule has 0 saturated heterocycles. The van der Waals surface area contributed by atoms with Gasteiger partial charge >= 0.3 is 18.9 Å². The Labute approximate surface area is 102 Å². The molecular weight excluding hydrogens is 162 g/mol. The summed E-state index contributed by atoms with van der Waals surface area (Å²) in [6.07, 6.45) is 15.0. The number of hydrogen-bond donors (Lipinski definition) is 0. The molecule has 0 aromatic rings. The van der Waals surface area contributed by atoms with Crippen LogP contribution in [-0.2, 0) is 0 Å². The summed E-state index contributed by atoms with van der Waals surface area (Å²) in [5, 5.41) is 0. The molecule has 0 spiro atoms. The smallest absolute Gasteiger partial charge is 0.328 e. The van der Waals surface area contributed by atoms with Crippen LogP contribution in [-0.4, -0.2) is 7.28 Å². The van der Waals surface area contributed by atoms with Gasteiger partial charge < -0.3 is 7.28 Å². The van der Waals surface area contributed by atoms with E-state index in [9.17, 15) is 0 Å². The van der Waals surface area contributed by atoms with Crippen LogP contribution in [0, 0.1) is 0 Å². The molecule has 74 valence electrons. The molecule has 0 aromatic carbocycles. The van der Waals surface area contributed by atoms with Crippen molar-refractivity contribution >= 4 is 7.28 Å². The Balaban J connectivity index is 0.000000980. The molecule has 0 nitrogen and oxygen atoms in total. The fourth-order valence-electron chi connectivity index (χ4n) is 3.04. The molecule has 2 fully saturated rings. The maximum absolute atomic E-state index is 2.72. The molecule has 0 amide bonds. The van der Waals surface area contributed by atoms with Crippen molar-refractivity contribution < 1.29 is 18.9 Å². The van der Waals surface area contributed by atoms with Crippen molar-refractivity contribution in [3.05, 3.63) is 0 Å². The molecule has 2 aliphatic rings. The van der Waals surface area contributed by atoms with Crippen LogP contribution in [0.25, 0.3) is 0 Å². The minimum atomic E-state index is 0. The van der Waals surface area contributed by atoms with E-state index in [1.165, 1.54) is 64.2 Å². The molecule has 14 heavy (non-hydrogen) atoms. The molecular formula is C12H22BLi. The number of hydrogen-bond acceptors (Lipinski definition) is 0. The summed E-state index contributed by atoms with van der Waals surface area (Å²) in [7, 11) is 2.72.